The van der Waals surface area contributed by atoms with Crippen molar-refractivity contribution in [3.05, 3.63) is 29.4 Å². The van der Waals surface area contributed by atoms with E-state index in [9.17, 15) is 8.42 Å². The number of anilines is 3. The molecule has 3 N–H and O–H groups in total. The maximum atomic E-state index is 13.5. The Kier molecular flexibility index (Phi) is 8.74. The van der Waals surface area contributed by atoms with Gasteiger partial charge in [0, 0.05) is 58.1 Å². The van der Waals surface area contributed by atoms with Crippen LogP contribution in [0.15, 0.2) is 29.3 Å². The largest absolute Gasteiger partial charge is 0.495 e. The number of hydrogen-bond acceptors (Lipinski definition) is 10. The van der Waals surface area contributed by atoms with Crippen LogP contribution in [0.1, 0.15) is 12.8 Å². The number of aromatic nitrogens is 3. The number of nitrogens with zero attached hydrogens (tertiary/aromatic N) is 4. The number of rotatable bonds is 10. The van der Waals surface area contributed by atoms with Gasteiger partial charge in [-0.25, -0.2) is 8.42 Å². The number of benzene rings is 1. The lowest BCUT2D eigenvalue weighted by Crippen LogP contribution is -2.50. The standard InChI is InChI=1S/C25H34ClN7O5S/c1-36-12-7-27-23-22-19(26)16-28-24(22)31-25(30-23)29-20-4-3-18(15-21(20)37-2)39(34,35)33-8-5-17(6-9-33)32-10-13-38-14-11-32/h3-4,15-17H,5-14H2,1-2H3,(H3,27,28,29,30,31). The van der Waals surface area contributed by atoms with E-state index in [4.69, 9.17) is 25.8 Å². The van der Waals surface area contributed by atoms with E-state index < -0.39 is 10.0 Å². The fraction of sp³-hybridized carbons (Fsp3) is 0.520. The molecular weight excluding hydrogens is 546 g/mol. The summed E-state index contributed by atoms with van der Waals surface area (Å²) in [6.07, 6.45) is 3.26. The van der Waals surface area contributed by atoms with Crippen LogP contribution in [-0.4, -0.2) is 105 Å². The van der Waals surface area contributed by atoms with E-state index >= 15 is 0 Å². The molecule has 5 rings (SSSR count). The van der Waals surface area contributed by atoms with E-state index in [2.05, 4.69) is 30.5 Å². The molecule has 0 radical (unpaired) electrons. The van der Waals surface area contributed by atoms with Crippen molar-refractivity contribution < 1.29 is 22.6 Å². The second-order valence-electron chi connectivity index (χ2n) is 9.45. The van der Waals surface area contributed by atoms with E-state index in [1.165, 1.54) is 13.2 Å². The average Bonchev–Trinajstić information content (AvgIpc) is 3.34. The van der Waals surface area contributed by atoms with Crippen LogP contribution in [0.2, 0.25) is 5.02 Å². The monoisotopic (exact) mass is 579 g/mol. The molecule has 14 heteroatoms. The molecule has 0 unspecified atom stereocenters. The van der Waals surface area contributed by atoms with Crippen LogP contribution in [0, 0.1) is 0 Å². The Hall–Kier alpha value is -2.68. The average molecular weight is 580 g/mol. The van der Waals surface area contributed by atoms with Gasteiger partial charge in [-0.1, -0.05) is 11.6 Å². The molecule has 0 atom stereocenters. The summed E-state index contributed by atoms with van der Waals surface area (Å²) < 4.78 is 44.7. The maximum Gasteiger partial charge on any atom is 0.243 e. The minimum absolute atomic E-state index is 0.184. The van der Waals surface area contributed by atoms with Gasteiger partial charge in [0.1, 0.15) is 17.2 Å². The summed E-state index contributed by atoms with van der Waals surface area (Å²) in [7, 11) is -0.555. The van der Waals surface area contributed by atoms with Crippen molar-refractivity contribution in [1.82, 2.24) is 24.2 Å². The molecule has 39 heavy (non-hydrogen) atoms. The first-order valence-corrected chi connectivity index (χ1v) is 14.8. The van der Waals surface area contributed by atoms with Crippen LogP contribution in [0.4, 0.5) is 17.5 Å². The Balaban J connectivity index is 1.32. The summed E-state index contributed by atoms with van der Waals surface area (Å²) in [5.74, 6) is 1.20. The second kappa shape index (κ2) is 12.2. The summed E-state index contributed by atoms with van der Waals surface area (Å²) in [6.45, 7) is 5.27. The van der Waals surface area contributed by atoms with Gasteiger partial charge in [-0.2, -0.15) is 14.3 Å². The van der Waals surface area contributed by atoms with Crippen molar-refractivity contribution in [2.45, 2.75) is 23.8 Å². The first-order chi connectivity index (χ1) is 18.9. The number of sulfonamides is 1. The Morgan fingerprint density at radius 1 is 1.15 bits per heavy atom. The third-order valence-corrected chi connectivity index (χ3v) is 9.32. The van der Waals surface area contributed by atoms with Crippen molar-refractivity contribution >= 4 is 50.1 Å². The molecule has 3 aromatic rings. The third-order valence-electron chi connectivity index (χ3n) is 7.12. The highest BCUT2D eigenvalue weighted by Crippen LogP contribution is 2.34. The molecule has 2 aliphatic heterocycles. The van der Waals surface area contributed by atoms with E-state index in [0.29, 0.717) is 71.5 Å². The van der Waals surface area contributed by atoms with E-state index in [-0.39, 0.29) is 4.90 Å². The number of ether oxygens (including phenoxy) is 3. The SMILES string of the molecule is COCCNc1nc(Nc2ccc(S(=O)(=O)N3CCC(N4CCOCC4)CC3)cc2OC)nc2[nH]cc(Cl)c12. The van der Waals surface area contributed by atoms with Crippen LogP contribution in [-0.2, 0) is 19.5 Å². The highest BCUT2D eigenvalue weighted by Gasteiger charge is 2.32. The van der Waals surface area contributed by atoms with Crippen LogP contribution in [0.25, 0.3) is 11.0 Å². The van der Waals surface area contributed by atoms with E-state index in [1.807, 2.05) is 0 Å². The van der Waals surface area contributed by atoms with Crippen LogP contribution in [0.5, 0.6) is 5.75 Å². The third kappa shape index (κ3) is 6.08. The van der Waals surface area contributed by atoms with Crippen molar-refractivity contribution in [1.29, 1.82) is 0 Å². The van der Waals surface area contributed by atoms with Crippen molar-refractivity contribution in [3.63, 3.8) is 0 Å². The number of nitrogens with one attached hydrogen (secondary N) is 3. The lowest BCUT2D eigenvalue weighted by molar-refractivity contribution is 0.00610. The number of halogens is 1. The second-order valence-corrected chi connectivity index (χ2v) is 11.8. The minimum Gasteiger partial charge on any atom is -0.495 e. The Morgan fingerprint density at radius 3 is 2.64 bits per heavy atom. The zero-order chi connectivity index (χ0) is 27.4. The Morgan fingerprint density at radius 2 is 1.92 bits per heavy atom. The summed E-state index contributed by atoms with van der Waals surface area (Å²) in [5.41, 5.74) is 1.08. The molecule has 2 aliphatic rings. The summed E-state index contributed by atoms with van der Waals surface area (Å²) in [5, 5.41) is 7.53. The minimum atomic E-state index is -3.67. The molecule has 0 amide bonds. The van der Waals surface area contributed by atoms with Gasteiger partial charge in [-0.15, -0.1) is 0 Å². The number of H-pyrrole nitrogens is 1. The first-order valence-electron chi connectivity index (χ1n) is 12.9. The molecule has 2 saturated heterocycles. The van der Waals surface area contributed by atoms with Gasteiger partial charge < -0.3 is 29.8 Å². The molecular formula is C25H34ClN7O5S. The lowest BCUT2D eigenvalue weighted by Gasteiger charge is -2.39. The zero-order valence-electron chi connectivity index (χ0n) is 22.1. The number of methoxy groups -OCH3 is 2. The molecule has 2 fully saturated rings. The molecule has 1 aromatic carbocycles. The van der Waals surface area contributed by atoms with Gasteiger partial charge in [0.2, 0.25) is 16.0 Å². The number of aromatic amines is 1. The highest BCUT2D eigenvalue weighted by molar-refractivity contribution is 7.89. The van der Waals surface area contributed by atoms with Crippen molar-refractivity contribution in [3.8, 4) is 5.75 Å². The molecule has 0 spiro atoms. The van der Waals surface area contributed by atoms with Gasteiger partial charge in [-0.05, 0) is 25.0 Å². The summed E-state index contributed by atoms with van der Waals surface area (Å²) >= 11 is 6.33. The van der Waals surface area contributed by atoms with E-state index in [0.717, 1.165) is 39.1 Å². The fourth-order valence-corrected chi connectivity index (χ4v) is 6.76. The fourth-order valence-electron chi connectivity index (χ4n) is 5.05. The van der Waals surface area contributed by atoms with Crippen molar-refractivity contribution in [2.75, 3.05) is 77.4 Å². The van der Waals surface area contributed by atoms with Crippen LogP contribution >= 0.6 is 11.6 Å². The molecule has 12 nitrogen and oxygen atoms in total. The smallest absolute Gasteiger partial charge is 0.243 e. The van der Waals surface area contributed by atoms with Gasteiger partial charge in [-0.3, -0.25) is 4.90 Å². The zero-order valence-corrected chi connectivity index (χ0v) is 23.6. The number of fused-ring (bicyclic) bond motifs is 1. The molecule has 212 valence electrons. The predicted molar refractivity (Wildman–Crippen MR) is 150 cm³/mol. The predicted octanol–water partition coefficient (Wildman–Crippen LogP) is 2.91. The molecule has 4 heterocycles. The van der Waals surface area contributed by atoms with Gasteiger partial charge in [0.05, 0.1) is 47.9 Å². The summed E-state index contributed by atoms with van der Waals surface area (Å²) in [6, 6.07) is 5.17. The summed E-state index contributed by atoms with van der Waals surface area (Å²) in [4.78, 5) is 14.7. The lowest BCUT2D eigenvalue weighted by atomic mass is 10.0. The van der Waals surface area contributed by atoms with Gasteiger partial charge in [0.25, 0.3) is 0 Å². The molecule has 2 aromatic heterocycles. The van der Waals surface area contributed by atoms with Gasteiger partial charge >= 0.3 is 0 Å². The number of hydrogen-bond donors (Lipinski definition) is 3. The molecule has 0 bridgehead atoms. The normalized spacial score (nSPS) is 17.9. The molecule has 0 saturated carbocycles. The van der Waals surface area contributed by atoms with Crippen molar-refractivity contribution in [2.24, 2.45) is 0 Å². The van der Waals surface area contributed by atoms with E-state index in [1.54, 1.807) is 29.7 Å². The van der Waals surface area contributed by atoms with Gasteiger partial charge in [0.15, 0.2) is 0 Å². The highest BCUT2D eigenvalue weighted by atomic mass is 35.5. The Labute approximate surface area is 233 Å². The maximum absolute atomic E-state index is 13.5. The number of morpholine rings is 1. The number of piperidine rings is 1. The van der Waals surface area contributed by atoms with Crippen LogP contribution in [0.3, 0.4) is 0 Å². The Bertz CT molecular complexity index is 1390. The van der Waals surface area contributed by atoms with Crippen LogP contribution < -0.4 is 15.4 Å². The topological polar surface area (TPSA) is 134 Å². The molecule has 0 aliphatic carbocycles. The first kappa shape index (κ1) is 27.9. The quantitative estimate of drug-likeness (QED) is 0.308.